The van der Waals surface area contributed by atoms with E-state index in [1.54, 1.807) is 18.4 Å². The van der Waals surface area contributed by atoms with E-state index in [1.807, 2.05) is 11.4 Å². The maximum Gasteiger partial charge on any atom is 0.134 e. The third-order valence-corrected chi connectivity index (χ3v) is 5.95. The second-order valence-electron chi connectivity index (χ2n) is 5.25. The molecular formula is C17H21ClOS. The van der Waals surface area contributed by atoms with Crippen molar-refractivity contribution in [2.75, 3.05) is 7.11 Å². The predicted molar refractivity (Wildman–Crippen MR) is 88.7 cm³/mol. The molecule has 1 atom stereocenters. The molecule has 108 valence electrons. The van der Waals surface area contributed by atoms with Crippen molar-refractivity contribution in [2.24, 2.45) is 0 Å². The Hall–Kier alpha value is -0.990. The van der Waals surface area contributed by atoms with Crippen molar-refractivity contribution in [2.45, 2.75) is 40.0 Å². The maximum atomic E-state index is 6.79. The van der Waals surface area contributed by atoms with Gasteiger partial charge in [0.25, 0.3) is 0 Å². The van der Waals surface area contributed by atoms with Gasteiger partial charge in [-0.15, -0.1) is 22.9 Å². The van der Waals surface area contributed by atoms with Crippen LogP contribution in [0.15, 0.2) is 11.4 Å². The van der Waals surface area contributed by atoms with Gasteiger partial charge in [0.1, 0.15) is 5.75 Å². The Kier molecular flexibility index (Phi) is 4.46. The van der Waals surface area contributed by atoms with E-state index in [2.05, 4.69) is 34.6 Å². The summed E-state index contributed by atoms with van der Waals surface area (Å²) in [5.41, 5.74) is 7.86. The molecule has 0 amide bonds. The predicted octanol–water partition coefficient (Wildman–Crippen LogP) is 5.63. The highest BCUT2D eigenvalue weighted by Crippen LogP contribution is 2.43. The largest absolute Gasteiger partial charge is 0.496 e. The summed E-state index contributed by atoms with van der Waals surface area (Å²) >= 11 is 8.45. The number of rotatable bonds is 3. The van der Waals surface area contributed by atoms with Crippen molar-refractivity contribution in [3.8, 4) is 5.75 Å². The van der Waals surface area contributed by atoms with Crippen LogP contribution in [-0.4, -0.2) is 7.11 Å². The molecule has 0 aliphatic heterocycles. The quantitative estimate of drug-likeness (QED) is 0.668. The molecule has 0 spiro atoms. The van der Waals surface area contributed by atoms with E-state index in [1.165, 1.54) is 33.4 Å². The minimum atomic E-state index is -0.150. The van der Waals surface area contributed by atoms with E-state index < -0.39 is 0 Å². The minimum Gasteiger partial charge on any atom is -0.496 e. The van der Waals surface area contributed by atoms with E-state index in [0.29, 0.717) is 0 Å². The zero-order chi connectivity index (χ0) is 15.0. The van der Waals surface area contributed by atoms with Crippen LogP contribution in [0.5, 0.6) is 5.75 Å². The monoisotopic (exact) mass is 308 g/mol. The Labute approximate surface area is 130 Å². The molecular weight excluding hydrogens is 288 g/mol. The Morgan fingerprint density at radius 3 is 1.95 bits per heavy atom. The highest BCUT2D eigenvalue weighted by Gasteiger charge is 2.23. The van der Waals surface area contributed by atoms with E-state index in [9.17, 15) is 0 Å². The molecule has 1 aromatic carbocycles. The van der Waals surface area contributed by atoms with E-state index in [-0.39, 0.29) is 5.38 Å². The number of benzene rings is 1. The molecule has 0 aliphatic rings. The van der Waals surface area contributed by atoms with Crippen molar-refractivity contribution in [3.05, 3.63) is 49.7 Å². The topological polar surface area (TPSA) is 9.23 Å². The van der Waals surface area contributed by atoms with Gasteiger partial charge >= 0.3 is 0 Å². The Bertz CT molecular complexity index is 614. The van der Waals surface area contributed by atoms with Crippen molar-refractivity contribution in [3.63, 3.8) is 0 Å². The van der Waals surface area contributed by atoms with Gasteiger partial charge in [-0.05, 0) is 79.4 Å². The first-order valence-electron chi connectivity index (χ1n) is 6.72. The molecule has 0 N–H and O–H groups in total. The van der Waals surface area contributed by atoms with Gasteiger partial charge in [-0.2, -0.15) is 0 Å². The van der Waals surface area contributed by atoms with Crippen LogP contribution in [0.25, 0.3) is 0 Å². The van der Waals surface area contributed by atoms with Crippen molar-refractivity contribution in [1.82, 2.24) is 0 Å². The van der Waals surface area contributed by atoms with Crippen LogP contribution in [0.3, 0.4) is 0 Å². The highest BCUT2D eigenvalue weighted by atomic mass is 35.5. The van der Waals surface area contributed by atoms with Crippen LogP contribution in [0.1, 0.15) is 43.6 Å². The molecule has 3 heteroatoms. The second kappa shape index (κ2) is 5.79. The van der Waals surface area contributed by atoms with Gasteiger partial charge in [0.05, 0.1) is 17.4 Å². The molecule has 0 aliphatic carbocycles. The van der Waals surface area contributed by atoms with E-state index >= 15 is 0 Å². The lowest BCUT2D eigenvalue weighted by atomic mass is 9.87. The molecule has 0 saturated heterocycles. The van der Waals surface area contributed by atoms with Gasteiger partial charge in [-0.3, -0.25) is 0 Å². The fourth-order valence-corrected chi connectivity index (χ4v) is 4.14. The van der Waals surface area contributed by atoms with Gasteiger partial charge in [0, 0.05) is 0 Å². The summed E-state index contributed by atoms with van der Waals surface area (Å²) in [5, 5.41) is 1.88. The fraction of sp³-hybridized carbons (Fsp3) is 0.412. The molecule has 20 heavy (non-hydrogen) atoms. The lowest BCUT2D eigenvalue weighted by molar-refractivity contribution is 0.412. The highest BCUT2D eigenvalue weighted by molar-refractivity contribution is 7.10. The van der Waals surface area contributed by atoms with Crippen molar-refractivity contribution in [1.29, 1.82) is 0 Å². The molecule has 0 radical (unpaired) electrons. The molecule has 1 unspecified atom stereocenters. The SMILES string of the molecule is COc1ccsc1C(Cl)c1c(C)c(C)c(C)c(C)c1C. The standard InChI is InChI=1S/C17H21ClOS/c1-9-10(2)12(4)15(13(5)11(9)3)16(18)17-14(19-6)7-8-20-17/h7-8,16H,1-6H3. The zero-order valence-electron chi connectivity index (χ0n) is 12.9. The Morgan fingerprint density at radius 1 is 0.950 bits per heavy atom. The summed E-state index contributed by atoms with van der Waals surface area (Å²) in [7, 11) is 1.69. The summed E-state index contributed by atoms with van der Waals surface area (Å²) in [5.74, 6) is 0.879. The van der Waals surface area contributed by atoms with Gasteiger partial charge in [0.15, 0.2) is 0 Å². The molecule has 1 heterocycles. The van der Waals surface area contributed by atoms with E-state index in [0.717, 1.165) is 10.6 Å². The van der Waals surface area contributed by atoms with Gasteiger partial charge in [-0.1, -0.05) is 0 Å². The van der Waals surface area contributed by atoms with Crippen LogP contribution >= 0.6 is 22.9 Å². The van der Waals surface area contributed by atoms with Crippen LogP contribution in [-0.2, 0) is 0 Å². The first-order valence-corrected chi connectivity index (χ1v) is 8.04. The van der Waals surface area contributed by atoms with Crippen LogP contribution in [0.4, 0.5) is 0 Å². The number of alkyl halides is 1. The smallest absolute Gasteiger partial charge is 0.134 e. The summed E-state index contributed by atoms with van der Waals surface area (Å²) in [4.78, 5) is 1.09. The molecule has 0 fully saturated rings. The van der Waals surface area contributed by atoms with Crippen LogP contribution < -0.4 is 4.74 Å². The molecule has 2 aromatic rings. The lowest BCUT2D eigenvalue weighted by Gasteiger charge is -2.22. The third kappa shape index (κ3) is 2.36. The number of ether oxygens (including phenoxy) is 1. The average Bonchev–Trinajstić information content (AvgIpc) is 2.91. The molecule has 0 bridgehead atoms. The first kappa shape index (κ1) is 15.4. The van der Waals surface area contributed by atoms with E-state index in [4.69, 9.17) is 16.3 Å². The summed E-state index contributed by atoms with van der Waals surface area (Å²) in [6, 6.07) is 1.98. The van der Waals surface area contributed by atoms with Crippen LogP contribution in [0.2, 0.25) is 0 Å². The first-order chi connectivity index (χ1) is 9.40. The summed E-state index contributed by atoms with van der Waals surface area (Å²) in [6.07, 6.45) is 0. The Morgan fingerprint density at radius 2 is 1.45 bits per heavy atom. The maximum absolute atomic E-state index is 6.79. The molecule has 1 aromatic heterocycles. The zero-order valence-corrected chi connectivity index (χ0v) is 14.5. The van der Waals surface area contributed by atoms with Crippen molar-refractivity contribution < 1.29 is 4.74 Å². The number of hydrogen-bond donors (Lipinski definition) is 0. The Balaban J connectivity index is 2.64. The third-order valence-electron chi connectivity index (χ3n) is 4.42. The lowest BCUT2D eigenvalue weighted by Crippen LogP contribution is -2.05. The fourth-order valence-electron chi connectivity index (χ4n) is 2.70. The average molecular weight is 309 g/mol. The molecule has 2 rings (SSSR count). The number of halogens is 1. The van der Waals surface area contributed by atoms with Crippen LogP contribution in [0, 0.1) is 34.6 Å². The second-order valence-corrected chi connectivity index (χ2v) is 6.64. The van der Waals surface area contributed by atoms with Gasteiger partial charge in [0.2, 0.25) is 0 Å². The van der Waals surface area contributed by atoms with Crippen molar-refractivity contribution >= 4 is 22.9 Å². The molecule has 0 saturated carbocycles. The summed E-state index contributed by atoms with van der Waals surface area (Å²) in [6.45, 7) is 10.9. The van der Waals surface area contributed by atoms with Gasteiger partial charge < -0.3 is 4.74 Å². The summed E-state index contributed by atoms with van der Waals surface area (Å²) < 4.78 is 5.42. The molecule has 1 nitrogen and oxygen atoms in total. The normalized spacial score (nSPS) is 12.6. The number of thiophene rings is 1. The number of hydrogen-bond acceptors (Lipinski definition) is 2. The minimum absolute atomic E-state index is 0.150. The number of methoxy groups -OCH3 is 1. The van der Waals surface area contributed by atoms with Gasteiger partial charge in [-0.25, -0.2) is 0 Å².